The van der Waals surface area contributed by atoms with Gasteiger partial charge in [-0.2, -0.15) is 5.26 Å². The largest absolute Gasteiger partial charge is 0.497 e. The van der Waals surface area contributed by atoms with Crippen LogP contribution < -0.4 is 10.1 Å². The van der Waals surface area contributed by atoms with Gasteiger partial charge in [0.1, 0.15) is 28.7 Å². The predicted octanol–water partition coefficient (Wildman–Crippen LogP) is 4.43. The smallest absolute Gasteiger partial charge is 0.342 e. The highest BCUT2D eigenvalue weighted by molar-refractivity contribution is 6.29. The van der Waals surface area contributed by atoms with E-state index in [1.165, 1.54) is 14.0 Å². The third kappa shape index (κ3) is 4.65. The Hall–Kier alpha value is -4.31. The van der Waals surface area contributed by atoms with Gasteiger partial charge in [-0.1, -0.05) is 42.5 Å². The molecule has 3 aromatic rings. The number of methoxy groups -OCH3 is 2. The molecule has 0 saturated heterocycles. The molecule has 1 amide bonds. The van der Waals surface area contributed by atoms with Gasteiger partial charge >= 0.3 is 5.97 Å². The molecular weight excluding hydrogens is 396 g/mol. The van der Waals surface area contributed by atoms with Crippen LogP contribution in [0.4, 0.5) is 5.88 Å². The van der Waals surface area contributed by atoms with Crippen molar-refractivity contribution < 1.29 is 23.5 Å². The number of hydrogen-bond donors (Lipinski definition) is 1. The fourth-order valence-electron chi connectivity index (χ4n) is 3.02. The molecule has 0 atom stereocenters. The zero-order chi connectivity index (χ0) is 22.4. The Balaban J connectivity index is 2.01. The molecule has 31 heavy (non-hydrogen) atoms. The Morgan fingerprint density at radius 3 is 2.32 bits per heavy atom. The second kappa shape index (κ2) is 9.46. The van der Waals surface area contributed by atoms with Crippen LogP contribution in [-0.2, 0) is 9.53 Å². The minimum absolute atomic E-state index is 0.0132. The number of nitrogens with one attached hydrogen (secondary N) is 1. The van der Waals surface area contributed by atoms with E-state index in [0.29, 0.717) is 16.9 Å². The lowest BCUT2D eigenvalue weighted by Crippen LogP contribution is -2.14. The number of amides is 1. The summed E-state index contributed by atoms with van der Waals surface area (Å²) in [5, 5.41) is 12.1. The van der Waals surface area contributed by atoms with Gasteiger partial charge in [0.15, 0.2) is 0 Å². The molecule has 7 nitrogen and oxygen atoms in total. The van der Waals surface area contributed by atoms with Crippen LogP contribution in [-0.4, -0.2) is 26.1 Å². The summed E-state index contributed by atoms with van der Waals surface area (Å²) in [5.74, 6) is -0.442. The summed E-state index contributed by atoms with van der Waals surface area (Å²) < 4.78 is 15.4. The van der Waals surface area contributed by atoms with Crippen molar-refractivity contribution in [2.75, 3.05) is 19.5 Å². The molecule has 0 radical (unpaired) electrons. The number of hydrogen-bond acceptors (Lipinski definition) is 6. The van der Waals surface area contributed by atoms with Crippen molar-refractivity contribution in [2.45, 2.75) is 6.92 Å². The van der Waals surface area contributed by atoms with Gasteiger partial charge in [0.25, 0.3) is 5.91 Å². The molecule has 2 aromatic carbocycles. The van der Waals surface area contributed by atoms with Gasteiger partial charge in [-0.3, -0.25) is 10.1 Å². The highest BCUT2D eigenvalue weighted by atomic mass is 16.5. The minimum atomic E-state index is -0.713. The van der Waals surface area contributed by atoms with Crippen molar-refractivity contribution in [3.8, 4) is 11.8 Å². The van der Waals surface area contributed by atoms with Gasteiger partial charge in [-0.25, -0.2) is 4.79 Å². The molecule has 1 N–H and O–H groups in total. The first-order chi connectivity index (χ1) is 15.0. The number of carbonyl (C=O) groups is 2. The van der Waals surface area contributed by atoms with E-state index in [1.54, 1.807) is 37.5 Å². The first kappa shape index (κ1) is 21.4. The number of anilines is 1. The molecule has 0 aliphatic carbocycles. The molecule has 1 aromatic heterocycles. The fraction of sp³-hybridized carbons (Fsp3) is 0.125. The van der Waals surface area contributed by atoms with Crippen LogP contribution >= 0.6 is 0 Å². The molecule has 3 rings (SSSR count). The lowest BCUT2D eigenvalue weighted by atomic mass is 10.0. The van der Waals surface area contributed by atoms with E-state index in [-0.39, 0.29) is 22.8 Å². The summed E-state index contributed by atoms with van der Waals surface area (Å²) in [6.45, 7) is 1.52. The Morgan fingerprint density at radius 2 is 1.74 bits per heavy atom. The topological polar surface area (TPSA) is 102 Å². The Bertz CT molecular complexity index is 1170. The SMILES string of the molecule is COC(=O)c1c(C)oc(NC(=O)/C(=C/c2ccc(OC)cc2)c2ccccc2)c1C#N. The average Bonchev–Trinajstić information content (AvgIpc) is 3.12. The maximum Gasteiger partial charge on any atom is 0.342 e. The summed E-state index contributed by atoms with van der Waals surface area (Å²) in [7, 11) is 2.79. The van der Waals surface area contributed by atoms with E-state index in [0.717, 1.165) is 5.56 Å². The number of carbonyl (C=O) groups excluding carboxylic acids is 2. The van der Waals surface area contributed by atoms with Crippen LogP contribution in [0, 0.1) is 18.3 Å². The lowest BCUT2D eigenvalue weighted by molar-refractivity contribution is -0.111. The number of nitrogens with zero attached hydrogens (tertiary/aromatic N) is 1. The molecule has 7 heteroatoms. The van der Waals surface area contributed by atoms with Gasteiger partial charge in [-0.15, -0.1) is 0 Å². The van der Waals surface area contributed by atoms with Crippen LogP contribution in [0.3, 0.4) is 0 Å². The van der Waals surface area contributed by atoms with Crippen LogP contribution in [0.15, 0.2) is 59.0 Å². The van der Waals surface area contributed by atoms with Crippen LogP contribution in [0.2, 0.25) is 0 Å². The zero-order valence-corrected chi connectivity index (χ0v) is 17.3. The van der Waals surface area contributed by atoms with E-state index >= 15 is 0 Å². The highest BCUT2D eigenvalue weighted by Gasteiger charge is 2.26. The predicted molar refractivity (Wildman–Crippen MR) is 115 cm³/mol. The van der Waals surface area contributed by atoms with Gasteiger partial charge in [0.2, 0.25) is 5.88 Å². The van der Waals surface area contributed by atoms with Crippen molar-refractivity contribution in [3.05, 3.63) is 82.6 Å². The number of benzene rings is 2. The number of ether oxygens (including phenoxy) is 2. The van der Waals surface area contributed by atoms with E-state index in [4.69, 9.17) is 13.9 Å². The third-order valence-corrected chi connectivity index (χ3v) is 4.57. The summed E-state index contributed by atoms with van der Waals surface area (Å²) in [6.07, 6.45) is 1.72. The first-order valence-corrected chi connectivity index (χ1v) is 9.32. The zero-order valence-electron chi connectivity index (χ0n) is 17.3. The molecule has 0 bridgehead atoms. The van der Waals surface area contributed by atoms with Crippen molar-refractivity contribution in [3.63, 3.8) is 0 Å². The first-order valence-electron chi connectivity index (χ1n) is 9.32. The van der Waals surface area contributed by atoms with Crippen molar-refractivity contribution in [1.29, 1.82) is 5.26 Å². The van der Waals surface area contributed by atoms with Gasteiger partial charge < -0.3 is 13.9 Å². The maximum atomic E-state index is 13.2. The summed E-state index contributed by atoms with van der Waals surface area (Å²) in [4.78, 5) is 25.2. The van der Waals surface area contributed by atoms with E-state index < -0.39 is 11.9 Å². The van der Waals surface area contributed by atoms with Crippen molar-refractivity contribution in [2.24, 2.45) is 0 Å². The summed E-state index contributed by atoms with van der Waals surface area (Å²) in [5.41, 5.74) is 1.70. The number of esters is 1. The maximum absolute atomic E-state index is 13.2. The number of nitriles is 1. The lowest BCUT2D eigenvalue weighted by Gasteiger charge is -2.09. The fourth-order valence-corrected chi connectivity index (χ4v) is 3.02. The summed E-state index contributed by atoms with van der Waals surface area (Å²) >= 11 is 0. The second-order valence-corrected chi connectivity index (χ2v) is 6.49. The molecule has 156 valence electrons. The molecule has 0 fully saturated rings. The molecule has 0 saturated carbocycles. The molecule has 0 unspecified atom stereocenters. The van der Waals surface area contributed by atoms with Gasteiger partial charge in [-0.05, 0) is 36.3 Å². The van der Waals surface area contributed by atoms with Crippen LogP contribution in [0.25, 0.3) is 11.6 Å². The van der Waals surface area contributed by atoms with Crippen molar-refractivity contribution >= 4 is 29.4 Å². The van der Waals surface area contributed by atoms with E-state index in [1.807, 2.05) is 36.4 Å². The van der Waals surface area contributed by atoms with Crippen LogP contribution in [0.5, 0.6) is 5.75 Å². The van der Waals surface area contributed by atoms with Gasteiger partial charge in [0, 0.05) is 5.57 Å². The molecular formula is C24H20N2O5. The standard InChI is InChI=1S/C24H20N2O5/c1-15-21(24(28)30-3)20(14-25)23(31-15)26-22(27)19(17-7-5-4-6-8-17)13-16-9-11-18(29-2)12-10-16/h4-13H,1-3H3,(H,26,27)/b19-13+. The summed E-state index contributed by atoms with van der Waals surface area (Å²) in [6, 6.07) is 18.2. The average molecular weight is 416 g/mol. The molecule has 0 aliphatic heterocycles. The molecule has 1 heterocycles. The number of rotatable bonds is 6. The molecule has 0 spiro atoms. The monoisotopic (exact) mass is 416 g/mol. The second-order valence-electron chi connectivity index (χ2n) is 6.49. The number of furan rings is 1. The highest BCUT2D eigenvalue weighted by Crippen LogP contribution is 2.29. The van der Waals surface area contributed by atoms with Crippen molar-refractivity contribution in [1.82, 2.24) is 0 Å². The molecule has 0 aliphatic rings. The normalized spacial score (nSPS) is 10.8. The van der Waals surface area contributed by atoms with E-state index in [2.05, 4.69) is 5.32 Å². The Labute approximate surface area is 179 Å². The third-order valence-electron chi connectivity index (χ3n) is 4.57. The minimum Gasteiger partial charge on any atom is -0.497 e. The quantitative estimate of drug-likeness (QED) is 0.362. The van der Waals surface area contributed by atoms with E-state index in [9.17, 15) is 14.9 Å². The van der Waals surface area contributed by atoms with Gasteiger partial charge in [0.05, 0.1) is 14.2 Å². The Kier molecular flexibility index (Phi) is 6.53. The number of aryl methyl sites for hydroxylation is 1. The van der Waals surface area contributed by atoms with Crippen LogP contribution in [0.1, 0.15) is 32.8 Å². The Morgan fingerprint density at radius 1 is 1.06 bits per heavy atom.